The molecule has 5 nitrogen and oxygen atoms in total. The Balaban J connectivity index is 1.25. The highest BCUT2D eigenvalue weighted by molar-refractivity contribution is 5.91. The second kappa shape index (κ2) is 11.4. The average molecular weight is 562 g/mol. The summed E-state index contributed by atoms with van der Waals surface area (Å²) in [4.78, 5) is 14.5. The molecular formula is C39H23N5. The average Bonchev–Trinajstić information content (AvgIpc) is 3.11. The van der Waals surface area contributed by atoms with Crippen LogP contribution in [0.1, 0.15) is 11.1 Å². The molecular weight excluding hydrogens is 538 g/mol. The number of hydrogen-bond donors (Lipinski definition) is 0. The topological polar surface area (TPSA) is 86.2 Å². The molecule has 0 radical (unpaired) electrons. The Hall–Kier alpha value is -6.43. The van der Waals surface area contributed by atoms with Gasteiger partial charge in [0.15, 0.2) is 17.5 Å². The molecule has 0 N–H and O–H groups in total. The highest BCUT2D eigenvalue weighted by Gasteiger charge is 2.13. The summed E-state index contributed by atoms with van der Waals surface area (Å²) in [5.74, 6) is 1.88. The molecule has 6 aromatic carbocycles. The van der Waals surface area contributed by atoms with Gasteiger partial charge in [-0.2, -0.15) is 10.5 Å². The van der Waals surface area contributed by atoms with Gasteiger partial charge in [0.25, 0.3) is 0 Å². The Kier molecular flexibility index (Phi) is 6.89. The van der Waals surface area contributed by atoms with E-state index in [1.54, 1.807) is 6.07 Å². The van der Waals surface area contributed by atoms with Gasteiger partial charge in [-0.05, 0) is 63.4 Å². The van der Waals surface area contributed by atoms with Crippen LogP contribution in [-0.4, -0.2) is 15.0 Å². The van der Waals surface area contributed by atoms with Crippen LogP contribution in [-0.2, 0) is 0 Å². The van der Waals surface area contributed by atoms with Crippen molar-refractivity contribution >= 4 is 10.8 Å². The predicted octanol–water partition coefficient (Wildman–Crippen LogP) is 9.10. The van der Waals surface area contributed by atoms with Gasteiger partial charge in [0, 0.05) is 16.7 Å². The fourth-order valence-electron chi connectivity index (χ4n) is 5.28. The molecule has 0 spiro atoms. The summed E-state index contributed by atoms with van der Waals surface area (Å²) in [7, 11) is 0. The molecule has 0 saturated carbocycles. The molecule has 204 valence electrons. The molecule has 1 heterocycles. The Morgan fingerprint density at radius 3 is 1.23 bits per heavy atom. The molecule has 0 aliphatic rings. The summed E-state index contributed by atoms with van der Waals surface area (Å²) in [6, 6.07) is 50.3. The zero-order valence-electron chi connectivity index (χ0n) is 23.5. The van der Waals surface area contributed by atoms with Crippen LogP contribution in [0.25, 0.3) is 67.2 Å². The maximum atomic E-state index is 9.42. The molecule has 0 unspecified atom stereocenters. The molecule has 0 amide bonds. The normalized spacial score (nSPS) is 10.7. The lowest BCUT2D eigenvalue weighted by molar-refractivity contribution is 1.07. The van der Waals surface area contributed by atoms with Gasteiger partial charge in [-0.25, -0.2) is 15.0 Å². The lowest BCUT2D eigenvalue weighted by Gasteiger charge is -2.10. The van der Waals surface area contributed by atoms with Crippen LogP contribution in [0.5, 0.6) is 0 Å². The van der Waals surface area contributed by atoms with Crippen LogP contribution in [0.3, 0.4) is 0 Å². The maximum Gasteiger partial charge on any atom is 0.164 e. The van der Waals surface area contributed by atoms with Crippen LogP contribution in [0, 0.1) is 22.7 Å². The highest BCUT2D eigenvalue weighted by atomic mass is 15.0. The lowest BCUT2D eigenvalue weighted by Crippen LogP contribution is -2.00. The first kappa shape index (κ1) is 26.5. The molecule has 1 aromatic heterocycles. The van der Waals surface area contributed by atoms with E-state index < -0.39 is 0 Å². The van der Waals surface area contributed by atoms with Gasteiger partial charge < -0.3 is 0 Å². The fraction of sp³-hybridized carbons (Fsp3) is 0. The smallest absolute Gasteiger partial charge is 0.164 e. The molecule has 0 fully saturated rings. The van der Waals surface area contributed by atoms with Crippen LogP contribution in [0.2, 0.25) is 0 Å². The monoisotopic (exact) mass is 561 g/mol. The quantitative estimate of drug-likeness (QED) is 0.209. The standard InChI is InChI=1S/C39H23N5/c40-24-26-19-27(25-41)21-35(20-26)34-18-14-29-13-17-33(22-36(29)23-34)28-11-15-32(16-12-28)39-43-37(30-7-3-1-4-8-30)42-38(44-39)31-9-5-2-6-10-31/h1-23H. The van der Waals surface area contributed by atoms with E-state index in [1.807, 2.05) is 91.0 Å². The van der Waals surface area contributed by atoms with Gasteiger partial charge in [-0.15, -0.1) is 0 Å². The number of aromatic nitrogens is 3. The van der Waals surface area contributed by atoms with Crippen molar-refractivity contribution in [1.29, 1.82) is 10.5 Å². The Labute approximate surface area is 255 Å². The van der Waals surface area contributed by atoms with Crippen LogP contribution in [0.15, 0.2) is 140 Å². The third kappa shape index (κ3) is 5.30. The second-order valence-electron chi connectivity index (χ2n) is 10.4. The van der Waals surface area contributed by atoms with Crippen molar-refractivity contribution in [2.75, 3.05) is 0 Å². The van der Waals surface area contributed by atoms with Gasteiger partial charge in [0.1, 0.15) is 0 Å². The molecule has 0 saturated heterocycles. The van der Waals surface area contributed by atoms with Crippen molar-refractivity contribution < 1.29 is 0 Å². The van der Waals surface area contributed by atoms with Crippen molar-refractivity contribution in [3.8, 4) is 68.6 Å². The van der Waals surface area contributed by atoms with Gasteiger partial charge >= 0.3 is 0 Å². The first-order valence-electron chi connectivity index (χ1n) is 14.1. The fourth-order valence-corrected chi connectivity index (χ4v) is 5.28. The van der Waals surface area contributed by atoms with Gasteiger partial charge in [0.05, 0.1) is 23.3 Å². The summed E-state index contributed by atoms with van der Waals surface area (Å²) in [6.07, 6.45) is 0. The maximum absolute atomic E-state index is 9.42. The zero-order valence-corrected chi connectivity index (χ0v) is 23.5. The number of nitriles is 2. The van der Waals surface area contributed by atoms with Crippen molar-refractivity contribution in [2.24, 2.45) is 0 Å². The van der Waals surface area contributed by atoms with Crippen molar-refractivity contribution in [1.82, 2.24) is 15.0 Å². The highest BCUT2D eigenvalue weighted by Crippen LogP contribution is 2.31. The third-order valence-electron chi connectivity index (χ3n) is 7.54. The summed E-state index contributed by atoms with van der Waals surface area (Å²) >= 11 is 0. The number of nitrogens with zero attached hydrogens (tertiary/aromatic N) is 5. The second-order valence-corrected chi connectivity index (χ2v) is 10.4. The minimum atomic E-state index is 0.470. The summed E-state index contributed by atoms with van der Waals surface area (Å²) in [6.45, 7) is 0. The predicted molar refractivity (Wildman–Crippen MR) is 174 cm³/mol. The van der Waals surface area contributed by atoms with E-state index in [9.17, 15) is 10.5 Å². The van der Waals surface area contributed by atoms with Gasteiger partial charge in [-0.3, -0.25) is 0 Å². The summed E-state index contributed by atoms with van der Waals surface area (Å²) in [5.41, 5.74) is 7.66. The van der Waals surface area contributed by atoms with E-state index in [1.165, 1.54) is 0 Å². The third-order valence-corrected chi connectivity index (χ3v) is 7.54. The molecule has 0 atom stereocenters. The Morgan fingerprint density at radius 2 is 0.750 bits per heavy atom. The zero-order chi connectivity index (χ0) is 29.9. The molecule has 7 rings (SSSR count). The Morgan fingerprint density at radius 1 is 0.341 bits per heavy atom. The van der Waals surface area contributed by atoms with E-state index >= 15 is 0 Å². The first-order chi connectivity index (χ1) is 21.7. The molecule has 44 heavy (non-hydrogen) atoms. The van der Waals surface area contributed by atoms with Crippen LogP contribution in [0.4, 0.5) is 0 Å². The molecule has 0 aliphatic carbocycles. The van der Waals surface area contributed by atoms with Crippen molar-refractivity contribution in [3.05, 3.63) is 151 Å². The minimum absolute atomic E-state index is 0.470. The first-order valence-corrected chi connectivity index (χ1v) is 14.1. The number of rotatable bonds is 5. The van der Waals surface area contributed by atoms with Gasteiger partial charge in [-0.1, -0.05) is 109 Å². The van der Waals surface area contributed by atoms with E-state index in [0.29, 0.717) is 28.6 Å². The van der Waals surface area contributed by atoms with Crippen molar-refractivity contribution in [3.63, 3.8) is 0 Å². The summed E-state index contributed by atoms with van der Waals surface area (Å²) < 4.78 is 0. The summed E-state index contributed by atoms with van der Waals surface area (Å²) in [5, 5.41) is 21.0. The molecule has 7 aromatic rings. The molecule has 0 bridgehead atoms. The molecule has 0 aliphatic heterocycles. The van der Waals surface area contributed by atoms with Crippen LogP contribution < -0.4 is 0 Å². The SMILES string of the molecule is N#Cc1cc(C#N)cc(-c2ccc3ccc(-c4ccc(-c5nc(-c6ccccc6)nc(-c6ccccc6)n5)cc4)cc3c2)c1. The van der Waals surface area contributed by atoms with E-state index in [0.717, 1.165) is 49.7 Å². The molecule has 5 heteroatoms. The number of benzene rings is 6. The van der Waals surface area contributed by atoms with E-state index in [4.69, 9.17) is 15.0 Å². The van der Waals surface area contributed by atoms with Crippen LogP contribution >= 0.6 is 0 Å². The number of fused-ring (bicyclic) bond motifs is 1. The Bertz CT molecular complexity index is 2140. The largest absolute Gasteiger partial charge is 0.208 e. The van der Waals surface area contributed by atoms with E-state index in [2.05, 4.69) is 54.6 Å². The lowest BCUT2D eigenvalue weighted by atomic mass is 9.95. The van der Waals surface area contributed by atoms with E-state index in [-0.39, 0.29) is 0 Å². The minimum Gasteiger partial charge on any atom is -0.208 e. The number of hydrogen-bond acceptors (Lipinski definition) is 5. The van der Waals surface area contributed by atoms with Crippen molar-refractivity contribution in [2.45, 2.75) is 0 Å². The van der Waals surface area contributed by atoms with Gasteiger partial charge in [0.2, 0.25) is 0 Å².